The van der Waals surface area contributed by atoms with Crippen LogP contribution in [0.1, 0.15) is 37.9 Å². The summed E-state index contributed by atoms with van der Waals surface area (Å²) in [5.74, 6) is 0.873. The maximum Gasteiger partial charge on any atom is 0.244 e. The van der Waals surface area contributed by atoms with E-state index >= 15 is 0 Å². The molecule has 1 aromatic carbocycles. The van der Waals surface area contributed by atoms with Gasteiger partial charge < -0.3 is 15.6 Å². The lowest BCUT2D eigenvalue weighted by molar-refractivity contribution is -0.118. The number of hydrogen-bond acceptors (Lipinski definition) is 4. The van der Waals surface area contributed by atoms with Crippen LogP contribution in [0.15, 0.2) is 18.2 Å². The summed E-state index contributed by atoms with van der Waals surface area (Å²) in [6.07, 6.45) is 5.55. The minimum Gasteiger partial charge on any atom is -0.322 e. The third-order valence-corrected chi connectivity index (χ3v) is 4.82. The first-order valence-corrected chi connectivity index (χ1v) is 8.39. The highest BCUT2D eigenvalue weighted by atomic mass is 19.1. The van der Waals surface area contributed by atoms with Gasteiger partial charge in [0.05, 0.1) is 11.2 Å². The second-order valence-electron chi connectivity index (χ2n) is 6.71. The van der Waals surface area contributed by atoms with Crippen LogP contribution in [0.2, 0.25) is 0 Å². The van der Waals surface area contributed by atoms with Crippen molar-refractivity contribution in [3.8, 4) is 11.4 Å². The van der Waals surface area contributed by atoms with Crippen molar-refractivity contribution in [2.75, 3.05) is 5.32 Å². The molecule has 0 saturated heterocycles. The Hall–Kier alpha value is -2.28. The predicted octanol–water partition coefficient (Wildman–Crippen LogP) is 2.24. The molecule has 4 rings (SSSR count). The van der Waals surface area contributed by atoms with E-state index in [1.165, 1.54) is 12.5 Å². The van der Waals surface area contributed by atoms with Crippen LogP contribution in [0.3, 0.4) is 0 Å². The van der Waals surface area contributed by atoms with E-state index in [1.54, 1.807) is 12.1 Å². The summed E-state index contributed by atoms with van der Waals surface area (Å²) in [6, 6.07) is 4.63. The van der Waals surface area contributed by atoms with Crippen LogP contribution in [0, 0.1) is 5.82 Å². The molecule has 0 spiro atoms. The van der Waals surface area contributed by atoms with Gasteiger partial charge in [0, 0.05) is 18.5 Å². The predicted molar refractivity (Wildman–Crippen MR) is 87.8 cm³/mol. The van der Waals surface area contributed by atoms with Crippen molar-refractivity contribution in [1.29, 1.82) is 0 Å². The van der Waals surface area contributed by atoms with Crippen molar-refractivity contribution < 1.29 is 9.18 Å². The fourth-order valence-electron chi connectivity index (χ4n) is 3.07. The van der Waals surface area contributed by atoms with Gasteiger partial charge in [0.15, 0.2) is 5.82 Å². The van der Waals surface area contributed by atoms with Crippen molar-refractivity contribution in [2.45, 2.75) is 50.6 Å². The Kier molecular flexibility index (Phi) is 3.60. The van der Waals surface area contributed by atoms with Gasteiger partial charge in [0.1, 0.15) is 11.6 Å². The lowest BCUT2D eigenvalue weighted by Gasteiger charge is -2.12. The molecule has 6 nitrogen and oxygen atoms in total. The Morgan fingerprint density at radius 1 is 1.25 bits per heavy atom. The molecule has 24 heavy (non-hydrogen) atoms. The quantitative estimate of drug-likeness (QED) is 0.904. The summed E-state index contributed by atoms with van der Waals surface area (Å²) in [5, 5.41) is 11.2. The number of carbonyl (C=O) groups excluding carboxylic acids is 1. The first kappa shape index (κ1) is 15.3. The maximum atomic E-state index is 14.1. The average Bonchev–Trinajstić information content (AvgIpc) is 3.27. The van der Waals surface area contributed by atoms with Crippen LogP contribution in [-0.4, -0.2) is 26.2 Å². The lowest BCUT2D eigenvalue weighted by atomic mass is 10.1. The highest BCUT2D eigenvalue weighted by Gasteiger charge is 2.46. The molecule has 1 saturated carbocycles. The van der Waals surface area contributed by atoms with Crippen molar-refractivity contribution in [2.24, 2.45) is 5.73 Å². The Balaban J connectivity index is 1.66. The minimum atomic E-state index is -0.839. The van der Waals surface area contributed by atoms with Gasteiger partial charge in [-0.15, -0.1) is 10.2 Å². The van der Waals surface area contributed by atoms with Gasteiger partial charge in [0.2, 0.25) is 5.91 Å². The van der Waals surface area contributed by atoms with E-state index in [9.17, 15) is 9.18 Å². The summed E-state index contributed by atoms with van der Waals surface area (Å²) >= 11 is 0. The molecule has 2 aliphatic rings. The number of fused-ring (bicyclic) bond motifs is 1. The Morgan fingerprint density at radius 2 is 2.08 bits per heavy atom. The number of carbonyl (C=O) groups is 1. The fraction of sp³-hybridized carbons (Fsp3) is 0.471. The summed E-state index contributed by atoms with van der Waals surface area (Å²) in [4.78, 5) is 12.1. The number of nitrogens with one attached hydrogen (secondary N) is 1. The molecule has 1 aliphatic heterocycles. The number of benzene rings is 1. The number of halogens is 1. The van der Waals surface area contributed by atoms with Crippen molar-refractivity contribution in [3.05, 3.63) is 29.8 Å². The number of hydrogen-bond donors (Lipinski definition) is 2. The van der Waals surface area contributed by atoms with E-state index in [2.05, 4.69) is 20.1 Å². The molecular formula is C17H20FN5O. The summed E-state index contributed by atoms with van der Waals surface area (Å²) in [7, 11) is 0. The molecule has 126 valence electrons. The highest BCUT2D eigenvalue weighted by Crippen LogP contribution is 2.34. The molecule has 1 amide bonds. The Labute approximate surface area is 139 Å². The molecule has 0 radical (unpaired) electrons. The van der Waals surface area contributed by atoms with E-state index in [0.29, 0.717) is 12.8 Å². The van der Waals surface area contributed by atoms with Crippen LogP contribution in [0.5, 0.6) is 0 Å². The van der Waals surface area contributed by atoms with Gasteiger partial charge in [-0.3, -0.25) is 4.79 Å². The highest BCUT2D eigenvalue weighted by molar-refractivity contribution is 6.00. The number of anilines is 1. The van der Waals surface area contributed by atoms with E-state index in [0.717, 1.165) is 43.0 Å². The first-order chi connectivity index (χ1) is 11.6. The molecule has 3 N–H and O–H groups in total. The largest absolute Gasteiger partial charge is 0.322 e. The third-order valence-electron chi connectivity index (χ3n) is 4.82. The van der Waals surface area contributed by atoms with Crippen LogP contribution in [0.4, 0.5) is 10.1 Å². The molecule has 2 aromatic rings. The molecule has 7 heteroatoms. The van der Waals surface area contributed by atoms with Crippen molar-refractivity contribution in [3.63, 3.8) is 0 Å². The summed E-state index contributed by atoms with van der Waals surface area (Å²) < 4.78 is 16.2. The number of nitrogens with two attached hydrogens (primary N) is 1. The Morgan fingerprint density at radius 3 is 2.88 bits per heavy atom. The molecule has 1 fully saturated rings. The van der Waals surface area contributed by atoms with Gasteiger partial charge in [-0.2, -0.15) is 0 Å². The lowest BCUT2D eigenvalue weighted by Crippen LogP contribution is -2.38. The summed E-state index contributed by atoms with van der Waals surface area (Å²) in [6.45, 7) is 0.864. The van der Waals surface area contributed by atoms with Crippen molar-refractivity contribution in [1.82, 2.24) is 14.8 Å². The standard InChI is InChI=1S/C17H20FN5O/c18-12-6-5-11(10-13(12)20-16(24)17(19)7-8-17)15-22-21-14-4-2-1-3-9-23(14)15/h5-6,10H,1-4,7-9,19H2,(H,20,24). The zero-order valence-electron chi connectivity index (χ0n) is 13.4. The number of aromatic nitrogens is 3. The second-order valence-corrected chi connectivity index (χ2v) is 6.71. The Bertz CT molecular complexity index is 796. The topological polar surface area (TPSA) is 85.8 Å². The molecule has 1 aromatic heterocycles. The van der Waals surface area contributed by atoms with E-state index in [1.807, 2.05) is 0 Å². The zero-order chi connectivity index (χ0) is 16.7. The molecule has 0 bridgehead atoms. The first-order valence-electron chi connectivity index (χ1n) is 8.39. The fourth-order valence-corrected chi connectivity index (χ4v) is 3.07. The van der Waals surface area contributed by atoms with Crippen LogP contribution >= 0.6 is 0 Å². The molecule has 0 atom stereocenters. The maximum absolute atomic E-state index is 14.1. The number of nitrogens with zero attached hydrogens (tertiary/aromatic N) is 3. The monoisotopic (exact) mass is 329 g/mol. The van der Waals surface area contributed by atoms with Gasteiger partial charge in [-0.05, 0) is 43.9 Å². The van der Waals surface area contributed by atoms with Gasteiger partial charge >= 0.3 is 0 Å². The molecule has 1 aliphatic carbocycles. The van der Waals surface area contributed by atoms with Gasteiger partial charge in [0.25, 0.3) is 0 Å². The minimum absolute atomic E-state index is 0.139. The molecule has 2 heterocycles. The normalized spacial score (nSPS) is 18.6. The van der Waals surface area contributed by atoms with Crippen LogP contribution in [0.25, 0.3) is 11.4 Å². The van der Waals surface area contributed by atoms with Gasteiger partial charge in [-0.1, -0.05) is 6.42 Å². The second kappa shape index (κ2) is 5.66. The number of aryl methyl sites for hydroxylation is 1. The zero-order valence-corrected chi connectivity index (χ0v) is 13.4. The summed E-state index contributed by atoms with van der Waals surface area (Å²) in [5.41, 5.74) is 5.91. The molecule has 0 unspecified atom stereocenters. The SMILES string of the molecule is NC1(C(=O)Nc2cc(-c3nnc4n3CCCCC4)ccc2F)CC1. The van der Waals surface area contributed by atoms with Crippen LogP contribution < -0.4 is 11.1 Å². The smallest absolute Gasteiger partial charge is 0.244 e. The van der Waals surface area contributed by atoms with E-state index in [-0.39, 0.29) is 11.6 Å². The van der Waals surface area contributed by atoms with Gasteiger partial charge in [-0.25, -0.2) is 4.39 Å². The average molecular weight is 329 g/mol. The number of amides is 1. The number of rotatable bonds is 3. The molecular weight excluding hydrogens is 309 g/mol. The van der Waals surface area contributed by atoms with E-state index in [4.69, 9.17) is 5.73 Å². The van der Waals surface area contributed by atoms with Crippen molar-refractivity contribution >= 4 is 11.6 Å². The van der Waals surface area contributed by atoms with E-state index < -0.39 is 11.4 Å². The van der Waals surface area contributed by atoms with Crippen LogP contribution in [-0.2, 0) is 17.8 Å². The third kappa shape index (κ3) is 2.69.